The van der Waals surface area contributed by atoms with Gasteiger partial charge in [-0.1, -0.05) is 0 Å². The molecule has 0 aliphatic rings. The van der Waals surface area contributed by atoms with E-state index in [-0.39, 0.29) is 11.7 Å². The lowest BCUT2D eigenvalue weighted by atomic mass is 10.2. The molecular weight excluding hydrogens is 241 g/mol. The maximum Gasteiger partial charge on any atom is 0.254 e. The second-order valence-electron chi connectivity index (χ2n) is 3.91. The van der Waals surface area contributed by atoms with Crippen LogP contribution in [0.15, 0.2) is 23.1 Å². The second kappa shape index (κ2) is 6.61. The normalized spacial score (nSPS) is 12.2. The van der Waals surface area contributed by atoms with Gasteiger partial charge in [0.25, 0.3) is 5.91 Å². The van der Waals surface area contributed by atoms with Gasteiger partial charge in [0, 0.05) is 11.4 Å². The molecule has 3 nitrogen and oxygen atoms in total. The first-order valence-corrected chi connectivity index (χ1v) is 5.90. The number of aliphatic hydroxyl groups is 1. The van der Waals surface area contributed by atoms with Gasteiger partial charge in [-0.15, -0.1) is 12.6 Å². The lowest BCUT2D eigenvalue weighted by molar-refractivity contribution is 0.0945. The topological polar surface area (TPSA) is 49.3 Å². The standard InChI is InChI=1S/C12H16FNO2S/c1-8(15)3-2-6-14-12(16)10-7-9(17)4-5-11(10)13/h4-5,7-8,15,17H,2-3,6H2,1H3,(H,14,16). The summed E-state index contributed by atoms with van der Waals surface area (Å²) in [7, 11) is 0. The Kier molecular flexibility index (Phi) is 5.44. The number of benzene rings is 1. The highest BCUT2D eigenvalue weighted by atomic mass is 32.1. The smallest absolute Gasteiger partial charge is 0.254 e. The molecule has 1 rings (SSSR count). The molecule has 1 aromatic rings. The van der Waals surface area contributed by atoms with Crippen LogP contribution in [0.4, 0.5) is 4.39 Å². The van der Waals surface area contributed by atoms with Crippen molar-refractivity contribution in [3.63, 3.8) is 0 Å². The molecule has 0 saturated heterocycles. The van der Waals surface area contributed by atoms with Crippen molar-refractivity contribution in [2.45, 2.75) is 30.8 Å². The fraction of sp³-hybridized carbons (Fsp3) is 0.417. The van der Waals surface area contributed by atoms with Crippen LogP contribution in [0.3, 0.4) is 0 Å². The Morgan fingerprint density at radius 1 is 1.59 bits per heavy atom. The molecule has 1 amide bonds. The summed E-state index contributed by atoms with van der Waals surface area (Å²) in [6.45, 7) is 2.10. The SMILES string of the molecule is CC(O)CCCNC(=O)c1cc(S)ccc1F. The van der Waals surface area contributed by atoms with E-state index in [1.54, 1.807) is 6.92 Å². The Labute approximate surface area is 105 Å². The van der Waals surface area contributed by atoms with Crippen molar-refractivity contribution in [3.8, 4) is 0 Å². The number of nitrogens with one attached hydrogen (secondary N) is 1. The average molecular weight is 257 g/mol. The summed E-state index contributed by atoms with van der Waals surface area (Å²) in [5, 5.41) is 11.6. The van der Waals surface area contributed by atoms with Crippen molar-refractivity contribution in [3.05, 3.63) is 29.6 Å². The Hall–Kier alpha value is -1.07. The Morgan fingerprint density at radius 3 is 2.94 bits per heavy atom. The van der Waals surface area contributed by atoms with Crippen molar-refractivity contribution < 1.29 is 14.3 Å². The van der Waals surface area contributed by atoms with Crippen LogP contribution in [0.5, 0.6) is 0 Å². The van der Waals surface area contributed by atoms with E-state index in [9.17, 15) is 9.18 Å². The molecule has 0 aliphatic heterocycles. The fourth-order valence-corrected chi connectivity index (χ4v) is 1.59. The highest BCUT2D eigenvalue weighted by molar-refractivity contribution is 7.80. The molecule has 0 fully saturated rings. The summed E-state index contributed by atoms with van der Waals surface area (Å²) in [5.74, 6) is -1.01. The zero-order valence-corrected chi connectivity index (χ0v) is 10.5. The number of amides is 1. The van der Waals surface area contributed by atoms with Crippen LogP contribution in [-0.4, -0.2) is 23.7 Å². The van der Waals surface area contributed by atoms with Gasteiger partial charge in [-0.2, -0.15) is 0 Å². The van der Waals surface area contributed by atoms with Gasteiger partial charge < -0.3 is 10.4 Å². The third-order valence-electron chi connectivity index (χ3n) is 2.28. The van der Waals surface area contributed by atoms with E-state index in [4.69, 9.17) is 5.11 Å². The highest BCUT2D eigenvalue weighted by Gasteiger charge is 2.11. The van der Waals surface area contributed by atoms with Gasteiger partial charge in [0.15, 0.2) is 0 Å². The van der Waals surface area contributed by atoms with Gasteiger partial charge in [0.1, 0.15) is 5.82 Å². The van der Waals surface area contributed by atoms with Crippen LogP contribution in [-0.2, 0) is 0 Å². The molecule has 1 unspecified atom stereocenters. The monoisotopic (exact) mass is 257 g/mol. The van der Waals surface area contributed by atoms with Crippen molar-refractivity contribution in [1.29, 1.82) is 0 Å². The molecule has 0 bridgehead atoms. The molecule has 94 valence electrons. The first-order valence-electron chi connectivity index (χ1n) is 5.45. The number of thiol groups is 1. The predicted octanol–water partition coefficient (Wildman–Crippen LogP) is 2.01. The number of rotatable bonds is 5. The number of hydrogen-bond acceptors (Lipinski definition) is 3. The van der Waals surface area contributed by atoms with Gasteiger partial charge in [-0.05, 0) is 38.0 Å². The zero-order valence-electron chi connectivity index (χ0n) is 9.61. The van der Waals surface area contributed by atoms with Crippen molar-refractivity contribution in [1.82, 2.24) is 5.32 Å². The number of hydrogen-bond donors (Lipinski definition) is 3. The van der Waals surface area contributed by atoms with Crippen LogP contribution in [0.2, 0.25) is 0 Å². The summed E-state index contributed by atoms with van der Waals surface area (Å²) >= 11 is 4.05. The summed E-state index contributed by atoms with van der Waals surface area (Å²) in [6.07, 6.45) is 0.880. The van der Waals surface area contributed by atoms with E-state index < -0.39 is 11.7 Å². The van der Waals surface area contributed by atoms with Crippen LogP contribution >= 0.6 is 12.6 Å². The number of aliphatic hydroxyl groups excluding tert-OH is 1. The fourth-order valence-electron chi connectivity index (χ4n) is 1.38. The number of carbonyl (C=O) groups excluding carboxylic acids is 1. The third kappa shape index (κ3) is 4.75. The molecule has 5 heteroatoms. The summed E-state index contributed by atoms with van der Waals surface area (Å²) in [5.41, 5.74) is -0.00505. The van der Waals surface area contributed by atoms with Gasteiger partial charge in [-0.25, -0.2) is 4.39 Å². The molecule has 0 heterocycles. The van der Waals surface area contributed by atoms with Crippen LogP contribution in [0.1, 0.15) is 30.1 Å². The zero-order chi connectivity index (χ0) is 12.8. The molecule has 1 aromatic carbocycles. The van der Waals surface area contributed by atoms with Crippen LogP contribution in [0, 0.1) is 5.82 Å². The summed E-state index contributed by atoms with van der Waals surface area (Å²) in [4.78, 5) is 12.2. The van der Waals surface area contributed by atoms with E-state index in [1.165, 1.54) is 18.2 Å². The molecule has 2 N–H and O–H groups in total. The van der Waals surface area contributed by atoms with Gasteiger partial charge in [0.2, 0.25) is 0 Å². The molecule has 0 saturated carbocycles. The van der Waals surface area contributed by atoms with Crippen molar-refractivity contribution in [2.24, 2.45) is 0 Å². The van der Waals surface area contributed by atoms with E-state index in [0.717, 1.165) is 0 Å². The molecule has 0 radical (unpaired) electrons. The Bertz CT molecular complexity index is 396. The van der Waals surface area contributed by atoms with E-state index in [1.807, 2.05) is 0 Å². The van der Waals surface area contributed by atoms with E-state index in [2.05, 4.69) is 17.9 Å². The van der Waals surface area contributed by atoms with E-state index >= 15 is 0 Å². The Morgan fingerprint density at radius 2 is 2.29 bits per heavy atom. The van der Waals surface area contributed by atoms with Gasteiger partial charge in [0.05, 0.1) is 11.7 Å². The number of halogens is 1. The number of carbonyl (C=O) groups is 1. The lowest BCUT2D eigenvalue weighted by Gasteiger charge is -2.07. The highest BCUT2D eigenvalue weighted by Crippen LogP contribution is 2.13. The molecule has 0 spiro atoms. The molecule has 1 atom stereocenters. The minimum Gasteiger partial charge on any atom is -0.393 e. The summed E-state index contributed by atoms with van der Waals surface area (Å²) < 4.78 is 13.3. The van der Waals surface area contributed by atoms with Crippen molar-refractivity contribution in [2.75, 3.05) is 6.54 Å². The summed E-state index contributed by atoms with van der Waals surface area (Å²) in [6, 6.07) is 4.10. The molecular formula is C12H16FNO2S. The first-order chi connectivity index (χ1) is 8.00. The largest absolute Gasteiger partial charge is 0.393 e. The Balaban J connectivity index is 2.49. The van der Waals surface area contributed by atoms with Crippen LogP contribution in [0.25, 0.3) is 0 Å². The second-order valence-corrected chi connectivity index (χ2v) is 4.43. The van der Waals surface area contributed by atoms with Gasteiger partial charge in [-0.3, -0.25) is 4.79 Å². The third-order valence-corrected chi connectivity index (χ3v) is 2.56. The quantitative estimate of drug-likeness (QED) is 0.558. The molecule has 17 heavy (non-hydrogen) atoms. The maximum atomic E-state index is 13.3. The predicted molar refractivity (Wildman–Crippen MR) is 66.9 cm³/mol. The average Bonchev–Trinajstić information content (AvgIpc) is 2.27. The minimum atomic E-state index is -0.559. The molecule has 0 aromatic heterocycles. The van der Waals surface area contributed by atoms with Gasteiger partial charge >= 0.3 is 0 Å². The van der Waals surface area contributed by atoms with Crippen molar-refractivity contribution >= 4 is 18.5 Å². The minimum absolute atomic E-state index is 0.00505. The maximum absolute atomic E-state index is 13.3. The van der Waals surface area contributed by atoms with E-state index in [0.29, 0.717) is 24.3 Å². The van der Waals surface area contributed by atoms with Crippen LogP contribution < -0.4 is 5.32 Å². The first kappa shape index (κ1) is 14.0. The molecule has 0 aliphatic carbocycles. The lowest BCUT2D eigenvalue weighted by Crippen LogP contribution is -2.26.